The number of rotatable bonds is 2. The van der Waals surface area contributed by atoms with Crippen molar-refractivity contribution in [3.8, 4) is 0 Å². The molecule has 0 heterocycles. The van der Waals surface area contributed by atoms with E-state index >= 15 is 0 Å². The molecule has 0 bridgehead atoms. The maximum Gasteiger partial charge on any atom is 0.303 e. The van der Waals surface area contributed by atoms with Gasteiger partial charge in [-0.15, -0.1) is 0 Å². The van der Waals surface area contributed by atoms with Gasteiger partial charge >= 0.3 is 5.97 Å². The Bertz CT molecular complexity index is 249. The molecule has 0 spiro atoms. The van der Waals surface area contributed by atoms with Gasteiger partial charge in [-0.25, -0.2) is 0 Å². The van der Waals surface area contributed by atoms with E-state index in [4.69, 9.17) is 4.74 Å². The van der Waals surface area contributed by atoms with Crippen LogP contribution in [0.4, 0.5) is 0 Å². The lowest BCUT2D eigenvalue weighted by Gasteiger charge is -2.36. The second-order valence-electron chi connectivity index (χ2n) is 3.82. The molecular formula is C10H16O4. The molecule has 14 heavy (non-hydrogen) atoms. The molecule has 1 fully saturated rings. The normalized spacial score (nSPS) is 32.4. The molecular weight excluding hydrogens is 184 g/mol. The number of esters is 1. The zero-order valence-electron chi connectivity index (χ0n) is 8.58. The number of carbonyl (C=O) groups is 2. The number of carbonyl (C=O) groups excluding carboxylic acids is 2. The van der Waals surface area contributed by atoms with Crippen LogP contribution in [-0.2, 0) is 14.3 Å². The van der Waals surface area contributed by atoms with Gasteiger partial charge in [0, 0.05) is 6.92 Å². The Labute approximate surface area is 83.2 Å². The molecule has 1 N–H and O–H groups in total. The van der Waals surface area contributed by atoms with Gasteiger partial charge in [0.25, 0.3) is 0 Å². The van der Waals surface area contributed by atoms with Gasteiger partial charge in [0.05, 0.1) is 0 Å². The van der Waals surface area contributed by atoms with Crippen LogP contribution in [0.25, 0.3) is 0 Å². The van der Waals surface area contributed by atoms with Crippen molar-refractivity contribution < 1.29 is 19.4 Å². The molecule has 1 saturated carbocycles. The van der Waals surface area contributed by atoms with E-state index in [1.165, 1.54) is 13.8 Å². The summed E-state index contributed by atoms with van der Waals surface area (Å²) in [6, 6.07) is 0. The summed E-state index contributed by atoms with van der Waals surface area (Å²) >= 11 is 0. The fourth-order valence-corrected chi connectivity index (χ4v) is 1.88. The summed E-state index contributed by atoms with van der Waals surface area (Å²) in [6.07, 6.45) is 1.98. The number of aliphatic hydroxyl groups is 1. The van der Waals surface area contributed by atoms with Crippen LogP contribution in [0.15, 0.2) is 0 Å². The molecule has 1 rings (SSSR count). The van der Waals surface area contributed by atoms with Gasteiger partial charge in [0.15, 0.2) is 11.4 Å². The number of hydrogen-bond acceptors (Lipinski definition) is 4. The van der Waals surface area contributed by atoms with Crippen molar-refractivity contribution in [2.24, 2.45) is 0 Å². The van der Waals surface area contributed by atoms with E-state index in [2.05, 4.69) is 0 Å². The van der Waals surface area contributed by atoms with E-state index in [9.17, 15) is 14.7 Å². The number of ketones is 1. The van der Waals surface area contributed by atoms with Gasteiger partial charge in [0.1, 0.15) is 6.10 Å². The van der Waals surface area contributed by atoms with Crippen LogP contribution in [-0.4, -0.2) is 28.6 Å². The molecule has 0 radical (unpaired) electrons. The number of hydrogen-bond donors (Lipinski definition) is 1. The van der Waals surface area contributed by atoms with Crippen molar-refractivity contribution in [1.29, 1.82) is 0 Å². The fourth-order valence-electron chi connectivity index (χ4n) is 1.88. The van der Waals surface area contributed by atoms with Crippen molar-refractivity contribution in [3.05, 3.63) is 0 Å². The predicted molar refractivity (Wildman–Crippen MR) is 49.7 cm³/mol. The SMILES string of the molecule is CC(=O)OC1CCCCC1(O)C(C)=O. The smallest absolute Gasteiger partial charge is 0.303 e. The summed E-state index contributed by atoms with van der Waals surface area (Å²) in [4.78, 5) is 22.0. The minimum absolute atomic E-state index is 0.316. The average molecular weight is 200 g/mol. The van der Waals surface area contributed by atoms with Crippen LogP contribution in [0.2, 0.25) is 0 Å². The lowest BCUT2D eigenvalue weighted by molar-refractivity contribution is -0.174. The third-order valence-corrected chi connectivity index (χ3v) is 2.72. The molecule has 0 aliphatic heterocycles. The zero-order chi connectivity index (χ0) is 10.8. The van der Waals surface area contributed by atoms with Crippen LogP contribution < -0.4 is 0 Å². The van der Waals surface area contributed by atoms with Gasteiger partial charge < -0.3 is 9.84 Å². The summed E-state index contributed by atoms with van der Waals surface area (Å²) < 4.78 is 4.96. The summed E-state index contributed by atoms with van der Waals surface area (Å²) in [5, 5.41) is 10.0. The highest BCUT2D eigenvalue weighted by atomic mass is 16.6. The van der Waals surface area contributed by atoms with E-state index in [0.717, 1.165) is 12.8 Å². The third-order valence-electron chi connectivity index (χ3n) is 2.72. The highest BCUT2D eigenvalue weighted by molar-refractivity contribution is 5.86. The van der Waals surface area contributed by atoms with Crippen LogP contribution >= 0.6 is 0 Å². The topological polar surface area (TPSA) is 63.6 Å². The van der Waals surface area contributed by atoms with Gasteiger partial charge in [-0.3, -0.25) is 9.59 Å². The maximum atomic E-state index is 11.3. The van der Waals surface area contributed by atoms with E-state index in [1.54, 1.807) is 0 Å². The molecule has 1 aliphatic rings. The summed E-state index contributed by atoms with van der Waals surface area (Å²) in [5.41, 5.74) is -1.45. The molecule has 4 heteroatoms. The molecule has 80 valence electrons. The van der Waals surface area contributed by atoms with Crippen LogP contribution in [0.1, 0.15) is 39.5 Å². The molecule has 0 saturated heterocycles. The molecule has 1 aliphatic carbocycles. The van der Waals surface area contributed by atoms with Crippen molar-refractivity contribution in [2.75, 3.05) is 0 Å². The quantitative estimate of drug-likeness (QED) is 0.670. The molecule has 0 aromatic heterocycles. The van der Waals surface area contributed by atoms with Crippen molar-refractivity contribution >= 4 is 11.8 Å². The Morgan fingerprint density at radius 2 is 2.00 bits per heavy atom. The zero-order valence-corrected chi connectivity index (χ0v) is 8.58. The molecule has 0 amide bonds. The highest BCUT2D eigenvalue weighted by Gasteiger charge is 2.45. The molecule has 2 unspecified atom stereocenters. The Kier molecular flexibility index (Phi) is 3.26. The van der Waals surface area contributed by atoms with Crippen molar-refractivity contribution in [2.45, 2.75) is 51.2 Å². The second kappa shape index (κ2) is 4.09. The first-order valence-electron chi connectivity index (χ1n) is 4.87. The first kappa shape index (κ1) is 11.2. The predicted octanol–water partition coefficient (Wildman–Crippen LogP) is 0.812. The minimum atomic E-state index is -1.45. The Hall–Kier alpha value is -0.900. The van der Waals surface area contributed by atoms with E-state index < -0.39 is 17.7 Å². The van der Waals surface area contributed by atoms with Crippen LogP contribution in [0, 0.1) is 0 Å². The standard InChI is InChI=1S/C10H16O4/c1-7(11)10(13)6-4-3-5-9(10)14-8(2)12/h9,13H,3-6H2,1-2H3. The Balaban J connectivity index is 2.77. The van der Waals surface area contributed by atoms with Gasteiger partial charge in [-0.05, 0) is 32.6 Å². The summed E-state index contributed by atoms with van der Waals surface area (Å²) in [6.45, 7) is 2.62. The third kappa shape index (κ3) is 2.12. The van der Waals surface area contributed by atoms with Crippen molar-refractivity contribution in [3.63, 3.8) is 0 Å². The molecule has 0 aromatic carbocycles. The lowest BCUT2D eigenvalue weighted by atomic mass is 9.79. The maximum absolute atomic E-state index is 11.3. The Morgan fingerprint density at radius 1 is 1.36 bits per heavy atom. The Morgan fingerprint density at radius 3 is 2.50 bits per heavy atom. The molecule has 4 nitrogen and oxygen atoms in total. The highest BCUT2D eigenvalue weighted by Crippen LogP contribution is 2.31. The van der Waals surface area contributed by atoms with E-state index in [1.807, 2.05) is 0 Å². The van der Waals surface area contributed by atoms with Crippen molar-refractivity contribution in [1.82, 2.24) is 0 Å². The van der Waals surface area contributed by atoms with E-state index in [0.29, 0.717) is 12.8 Å². The average Bonchev–Trinajstić information content (AvgIpc) is 2.08. The first-order valence-corrected chi connectivity index (χ1v) is 4.87. The van der Waals surface area contributed by atoms with E-state index in [-0.39, 0.29) is 5.78 Å². The lowest BCUT2D eigenvalue weighted by Crippen LogP contribution is -2.52. The fraction of sp³-hybridized carbons (Fsp3) is 0.800. The summed E-state index contributed by atoms with van der Waals surface area (Å²) in [5.74, 6) is -0.764. The summed E-state index contributed by atoms with van der Waals surface area (Å²) in [7, 11) is 0. The van der Waals surface area contributed by atoms with Gasteiger partial charge in [0.2, 0.25) is 0 Å². The van der Waals surface area contributed by atoms with Gasteiger partial charge in [-0.1, -0.05) is 0 Å². The first-order chi connectivity index (χ1) is 6.47. The molecule has 0 aromatic rings. The minimum Gasteiger partial charge on any atom is -0.459 e. The monoisotopic (exact) mass is 200 g/mol. The second-order valence-corrected chi connectivity index (χ2v) is 3.82. The molecule has 2 atom stereocenters. The van der Waals surface area contributed by atoms with Crippen LogP contribution in [0.5, 0.6) is 0 Å². The number of Topliss-reactive ketones (excluding diaryl/α,β-unsaturated/α-hetero) is 1. The number of ether oxygens (including phenoxy) is 1. The van der Waals surface area contributed by atoms with Crippen LogP contribution in [0.3, 0.4) is 0 Å². The van der Waals surface area contributed by atoms with Gasteiger partial charge in [-0.2, -0.15) is 0 Å². The largest absolute Gasteiger partial charge is 0.459 e.